The summed E-state index contributed by atoms with van der Waals surface area (Å²) in [4.78, 5) is 26.7. The van der Waals surface area contributed by atoms with Crippen molar-refractivity contribution in [2.45, 2.75) is 6.42 Å². The number of carbonyl (C=O) groups is 1. The summed E-state index contributed by atoms with van der Waals surface area (Å²) in [5.74, 6) is -0.520. The summed E-state index contributed by atoms with van der Waals surface area (Å²) in [5.41, 5.74) is 0.159. The van der Waals surface area contributed by atoms with Gasteiger partial charge in [-0.25, -0.2) is 0 Å². The second-order valence-electron chi connectivity index (χ2n) is 5.42. The van der Waals surface area contributed by atoms with Crippen LogP contribution in [0.3, 0.4) is 0 Å². The Morgan fingerprint density at radius 1 is 1.31 bits per heavy atom. The summed E-state index contributed by atoms with van der Waals surface area (Å²) in [6.07, 6.45) is 0.373. The molecule has 0 saturated carbocycles. The molecule has 0 aliphatic rings. The van der Waals surface area contributed by atoms with Crippen molar-refractivity contribution < 1.29 is 14.8 Å². The third kappa shape index (κ3) is 5.65. The highest BCUT2D eigenvalue weighted by molar-refractivity contribution is 9.09. The lowest BCUT2D eigenvalue weighted by atomic mass is 10.0. The number of benzene rings is 1. The van der Waals surface area contributed by atoms with Crippen LogP contribution < -0.4 is 4.90 Å². The van der Waals surface area contributed by atoms with Gasteiger partial charge >= 0.3 is 0 Å². The van der Waals surface area contributed by atoms with E-state index in [-0.39, 0.29) is 24.3 Å². The van der Waals surface area contributed by atoms with Crippen molar-refractivity contribution >= 4 is 49.1 Å². The van der Waals surface area contributed by atoms with Crippen molar-refractivity contribution in [3.63, 3.8) is 0 Å². The molecule has 0 fully saturated rings. The van der Waals surface area contributed by atoms with E-state index in [1.54, 1.807) is 0 Å². The molecule has 0 bridgehead atoms. The van der Waals surface area contributed by atoms with Gasteiger partial charge in [0.2, 0.25) is 0 Å². The van der Waals surface area contributed by atoms with Crippen LogP contribution in [-0.4, -0.2) is 64.8 Å². The molecule has 26 heavy (non-hydrogen) atoms. The summed E-state index contributed by atoms with van der Waals surface area (Å²) in [5, 5.41) is 31.0. The molecule has 10 heteroatoms. The van der Waals surface area contributed by atoms with Crippen molar-refractivity contribution in [3.8, 4) is 6.07 Å². The molecule has 0 spiro atoms. The molecule has 0 aliphatic carbocycles. The number of aliphatic hydroxyl groups is 1. The Kier molecular flexibility index (Phi) is 9.54. The molecule has 0 aromatic heterocycles. The summed E-state index contributed by atoms with van der Waals surface area (Å²) < 4.78 is 0. The molecule has 8 nitrogen and oxygen atoms in total. The summed E-state index contributed by atoms with van der Waals surface area (Å²) in [6, 6.07) is 4.55. The highest BCUT2D eigenvalue weighted by Crippen LogP contribution is 2.30. The maximum atomic E-state index is 12.7. The highest BCUT2D eigenvalue weighted by Gasteiger charge is 2.27. The smallest absolute Gasteiger partial charge is 0.283 e. The van der Waals surface area contributed by atoms with Gasteiger partial charge in [0.1, 0.15) is 11.6 Å². The summed E-state index contributed by atoms with van der Waals surface area (Å²) in [7, 11) is 1.52. The van der Waals surface area contributed by atoms with Gasteiger partial charge in [-0.15, -0.1) is 0 Å². The maximum Gasteiger partial charge on any atom is 0.283 e. The topological polar surface area (TPSA) is 111 Å². The van der Waals surface area contributed by atoms with Crippen molar-refractivity contribution in [1.82, 2.24) is 4.90 Å². The molecule has 1 N–H and O–H groups in total. The first-order valence-corrected chi connectivity index (χ1v) is 10.1. The average molecular weight is 492 g/mol. The second kappa shape index (κ2) is 11.1. The number of amides is 1. The first kappa shape index (κ1) is 22.3. The molecular weight excluding hydrogens is 472 g/mol. The van der Waals surface area contributed by atoms with Crippen LogP contribution in [0.5, 0.6) is 0 Å². The van der Waals surface area contributed by atoms with E-state index < -0.39 is 16.5 Å². The average Bonchev–Trinajstić information content (AvgIpc) is 2.64. The zero-order chi connectivity index (χ0) is 19.7. The number of nitriles is 1. The first-order valence-electron chi connectivity index (χ1n) is 7.87. The normalized spacial score (nSPS) is 10.3. The third-order valence-electron chi connectivity index (χ3n) is 3.71. The van der Waals surface area contributed by atoms with Crippen LogP contribution in [0, 0.1) is 21.4 Å². The highest BCUT2D eigenvalue weighted by atomic mass is 79.9. The van der Waals surface area contributed by atoms with E-state index in [4.69, 9.17) is 5.11 Å². The van der Waals surface area contributed by atoms with Gasteiger partial charge in [-0.1, -0.05) is 31.9 Å². The Morgan fingerprint density at radius 3 is 2.38 bits per heavy atom. The largest absolute Gasteiger partial charge is 0.396 e. The molecule has 0 unspecified atom stereocenters. The van der Waals surface area contributed by atoms with Crippen LogP contribution in [-0.2, 0) is 0 Å². The predicted octanol–water partition coefficient (Wildman–Crippen LogP) is 2.52. The number of nitro benzene ring substituents is 1. The van der Waals surface area contributed by atoms with Crippen molar-refractivity contribution in [2.75, 3.05) is 48.8 Å². The number of nitro groups is 1. The molecule has 1 rings (SSSR count). The predicted molar refractivity (Wildman–Crippen MR) is 106 cm³/mol. The number of carbonyl (C=O) groups excluding carboxylic acids is 1. The number of alkyl halides is 2. The fraction of sp³-hybridized carbons (Fsp3) is 0.500. The number of aliphatic hydroxyl groups excluding tert-OH is 1. The standard InChI is InChI=1S/C16H20Br2N4O4/c1-20(5-2-8-23)16(24)13-10-14(21(6-3-17)7-4-18)12(11-19)9-15(13)22(25)26/h9-10,23H,2-8H2,1H3. The minimum atomic E-state index is -0.656. The van der Waals surface area contributed by atoms with Crippen molar-refractivity contribution in [1.29, 1.82) is 5.26 Å². The fourth-order valence-corrected chi connectivity index (χ4v) is 3.28. The lowest BCUT2D eigenvalue weighted by molar-refractivity contribution is -0.385. The molecule has 1 aromatic rings. The van der Waals surface area contributed by atoms with Gasteiger partial charge in [0.05, 0.1) is 16.2 Å². The Bertz CT molecular complexity index is 688. The molecule has 0 radical (unpaired) electrons. The monoisotopic (exact) mass is 490 g/mol. The van der Waals surface area contributed by atoms with Crippen LogP contribution in [0.2, 0.25) is 0 Å². The van der Waals surface area contributed by atoms with Crippen LogP contribution >= 0.6 is 31.9 Å². The van der Waals surface area contributed by atoms with Gasteiger partial charge in [-0.2, -0.15) is 5.26 Å². The molecule has 142 valence electrons. The van der Waals surface area contributed by atoms with E-state index in [9.17, 15) is 20.2 Å². The molecule has 0 saturated heterocycles. The number of halogens is 2. The number of anilines is 1. The minimum Gasteiger partial charge on any atom is -0.396 e. The SMILES string of the molecule is CN(CCCO)C(=O)c1cc(N(CCBr)CCBr)c(C#N)cc1[N+](=O)[O-]. The van der Waals surface area contributed by atoms with Crippen molar-refractivity contribution in [2.24, 2.45) is 0 Å². The van der Waals surface area contributed by atoms with Gasteiger partial charge < -0.3 is 14.9 Å². The zero-order valence-corrected chi connectivity index (χ0v) is 17.5. The van der Waals surface area contributed by atoms with E-state index in [2.05, 4.69) is 31.9 Å². The van der Waals surface area contributed by atoms with Crippen LogP contribution in [0.4, 0.5) is 11.4 Å². The molecular formula is C16H20Br2N4O4. The number of rotatable bonds is 10. The number of hydrogen-bond donors (Lipinski definition) is 1. The van der Waals surface area contributed by atoms with Gasteiger partial charge in [0.25, 0.3) is 11.6 Å². The molecule has 1 amide bonds. The molecule has 1 aromatic carbocycles. The number of hydrogen-bond acceptors (Lipinski definition) is 6. The van der Waals surface area contributed by atoms with Gasteiger partial charge in [-0.05, 0) is 12.5 Å². The van der Waals surface area contributed by atoms with E-state index >= 15 is 0 Å². The van der Waals surface area contributed by atoms with Gasteiger partial charge in [-0.3, -0.25) is 14.9 Å². The third-order valence-corrected chi connectivity index (χ3v) is 4.42. The molecule has 0 heterocycles. The van der Waals surface area contributed by atoms with Crippen LogP contribution in [0.1, 0.15) is 22.3 Å². The first-order chi connectivity index (χ1) is 12.4. The Labute approximate surface area is 168 Å². The second-order valence-corrected chi connectivity index (χ2v) is 7.01. The Hall–Kier alpha value is -1.70. The van der Waals surface area contributed by atoms with Gasteiger partial charge in [0.15, 0.2) is 0 Å². The lowest BCUT2D eigenvalue weighted by Gasteiger charge is -2.25. The van der Waals surface area contributed by atoms with Gasteiger partial charge in [0, 0.05) is 50.0 Å². The van der Waals surface area contributed by atoms with E-state index in [1.165, 1.54) is 18.0 Å². The quantitative estimate of drug-likeness (QED) is 0.306. The Morgan fingerprint density at radius 2 is 1.92 bits per heavy atom. The van der Waals surface area contributed by atoms with E-state index in [0.29, 0.717) is 35.9 Å². The van der Waals surface area contributed by atoms with Crippen LogP contribution in [0.15, 0.2) is 12.1 Å². The van der Waals surface area contributed by atoms with E-state index in [1.807, 2.05) is 11.0 Å². The summed E-state index contributed by atoms with van der Waals surface area (Å²) >= 11 is 6.71. The lowest BCUT2D eigenvalue weighted by Crippen LogP contribution is -2.31. The summed E-state index contributed by atoms with van der Waals surface area (Å²) in [6.45, 7) is 1.34. The Balaban J connectivity index is 3.47. The van der Waals surface area contributed by atoms with E-state index in [0.717, 1.165) is 6.07 Å². The van der Waals surface area contributed by atoms with Crippen LogP contribution in [0.25, 0.3) is 0 Å². The minimum absolute atomic E-state index is 0.0708. The number of nitrogens with zero attached hydrogens (tertiary/aromatic N) is 4. The fourth-order valence-electron chi connectivity index (χ4n) is 2.42. The maximum absolute atomic E-state index is 12.7. The molecule has 0 aliphatic heterocycles. The molecule has 0 atom stereocenters. The van der Waals surface area contributed by atoms with Crippen molar-refractivity contribution in [3.05, 3.63) is 33.4 Å². The zero-order valence-electron chi connectivity index (χ0n) is 14.3.